The Morgan fingerprint density at radius 2 is 1.74 bits per heavy atom. The van der Waals surface area contributed by atoms with E-state index in [4.69, 9.17) is 4.74 Å². The summed E-state index contributed by atoms with van der Waals surface area (Å²) in [4.78, 5) is 36.8. The molecule has 0 saturated carbocycles. The highest BCUT2D eigenvalue weighted by Gasteiger charge is 2.33. The van der Waals surface area contributed by atoms with Gasteiger partial charge in [0.1, 0.15) is 5.75 Å². The molecule has 2 aliphatic rings. The average molecular weight is 459 g/mol. The number of piperazine rings is 1. The van der Waals surface area contributed by atoms with Crippen molar-refractivity contribution in [2.45, 2.75) is 12.8 Å². The highest BCUT2D eigenvalue weighted by Crippen LogP contribution is 2.29. The van der Waals surface area contributed by atoms with Gasteiger partial charge < -0.3 is 19.4 Å². The molecule has 3 aromatic rings. The van der Waals surface area contributed by atoms with Gasteiger partial charge in [-0.25, -0.2) is 0 Å². The van der Waals surface area contributed by atoms with Crippen molar-refractivity contribution in [1.82, 2.24) is 14.8 Å². The van der Waals surface area contributed by atoms with Crippen LogP contribution in [0.3, 0.4) is 0 Å². The fourth-order valence-corrected chi connectivity index (χ4v) is 5.07. The molecule has 0 radical (unpaired) electrons. The van der Waals surface area contributed by atoms with Gasteiger partial charge >= 0.3 is 0 Å². The average Bonchev–Trinajstić information content (AvgIpc) is 2.92. The smallest absolute Gasteiger partial charge is 0.253 e. The number of anilines is 1. The number of carbonyl (C=O) groups is 2. The Balaban J connectivity index is 1.22. The molecular weight excluding hydrogens is 428 g/mol. The summed E-state index contributed by atoms with van der Waals surface area (Å²) in [7, 11) is 1.66. The topological polar surface area (TPSA) is 66.0 Å². The number of pyridine rings is 1. The number of nitrogens with zero attached hydrogens (tertiary/aromatic N) is 4. The molecule has 1 unspecified atom stereocenters. The number of hydrogen-bond donors (Lipinski definition) is 0. The number of ether oxygens (including phenoxy) is 1. The summed E-state index contributed by atoms with van der Waals surface area (Å²) in [6, 6.07) is 17.3. The molecule has 0 bridgehead atoms. The first kappa shape index (κ1) is 22.2. The number of fused-ring (bicyclic) bond motifs is 1. The largest absolute Gasteiger partial charge is 0.497 e. The number of benzene rings is 2. The van der Waals surface area contributed by atoms with Gasteiger partial charge in [0.05, 0.1) is 18.5 Å². The molecule has 7 nitrogen and oxygen atoms in total. The van der Waals surface area contributed by atoms with E-state index in [1.165, 1.54) is 0 Å². The van der Waals surface area contributed by atoms with Crippen LogP contribution in [0, 0.1) is 5.92 Å². The van der Waals surface area contributed by atoms with E-state index < -0.39 is 0 Å². The molecular formula is C27H30N4O3. The third-order valence-electron chi connectivity index (χ3n) is 6.94. The number of hydrogen-bond acceptors (Lipinski definition) is 5. The van der Waals surface area contributed by atoms with Crippen molar-refractivity contribution in [3.05, 3.63) is 66.4 Å². The van der Waals surface area contributed by atoms with Gasteiger partial charge in [-0.05, 0) is 43.2 Å². The van der Waals surface area contributed by atoms with Crippen molar-refractivity contribution in [2.75, 3.05) is 51.3 Å². The molecule has 3 heterocycles. The van der Waals surface area contributed by atoms with E-state index in [2.05, 4.69) is 9.88 Å². The summed E-state index contributed by atoms with van der Waals surface area (Å²) in [5.41, 5.74) is 2.73. The highest BCUT2D eigenvalue weighted by molar-refractivity contribution is 5.95. The number of aromatic nitrogens is 1. The van der Waals surface area contributed by atoms with Crippen LogP contribution in [0.25, 0.3) is 10.9 Å². The van der Waals surface area contributed by atoms with Crippen LogP contribution in [0.4, 0.5) is 5.69 Å². The van der Waals surface area contributed by atoms with E-state index in [1.54, 1.807) is 7.11 Å². The quantitative estimate of drug-likeness (QED) is 0.599. The highest BCUT2D eigenvalue weighted by atomic mass is 16.5. The van der Waals surface area contributed by atoms with Gasteiger partial charge in [-0.15, -0.1) is 0 Å². The molecule has 1 atom stereocenters. The van der Waals surface area contributed by atoms with Gasteiger partial charge in [-0.2, -0.15) is 0 Å². The Bertz CT molecular complexity index is 1170. The molecule has 0 aliphatic carbocycles. The van der Waals surface area contributed by atoms with Crippen molar-refractivity contribution in [2.24, 2.45) is 5.92 Å². The van der Waals surface area contributed by atoms with E-state index in [-0.39, 0.29) is 17.7 Å². The Labute approximate surface area is 199 Å². The Kier molecular flexibility index (Phi) is 6.34. The summed E-state index contributed by atoms with van der Waals surface area (Å²) >= 11 is 0. The predicted octanol–water partition coefficient (Wildman–Crippen LogP) is 3.44. The normalized spacial score (nSPS) is 18.7. The van der Waals surface area contributed by atoms with Gasteiger partial charge in [0.15, 0.2) is 0 Å². The zero-order valence-electron chi connectivity index (χ0n) is 19.5. The van der Waals surface area contributed by atoms with Gasteiger partial charge in [-0.1, -0.05) is 18.2 Å². The van der Waals surface area contributed by atoms with Gasteiger partial charge in [-0.3, -0.25) is 14.6 Å². The number of methoxy groups -OCH3 is 1. The molecule has 176 valence electrons. The number of likely N-dealkylation sites (tertiary alicyclic amines) is 1. The maximum Gasteiger partial charge on any atom is 0.253 e. The van der Waals surface area contributed by atoms with E-state index >= 15 is 0 Å². The monoisotopic (exact) mass is 458 g/mol. The van der Waals surface area contributed by atoms with E-state index in [1.807, 2.05) is 70.6 Å². The maximum atomic E-state index is 13.3. The molecule has 0 N–H and O–H groups in total. The van der Waals surface area contributed by atoms with Crippen molar-refractivity contribution in [1.29, 1.82) is 0 Å². The zero-order chi connectivity index (χ0) is 23.5. The molecule has 34 heavy (non-hydrogen) atoms. The SMILES string of the molecule is COc1ccc2c(N3CCN(C(=O)C4CCCN(C(=O)c5ccccc5)C4)CC3)ccnc2c1. The third-order valence-corrected chi connectivity index (χ3v) is 6.94. The molecule has 2 amide bonds. The van der Waals surface area contributed by atoms with E-state index in [0.29, 0.717) is 31.7 Å². The Hall–Kier alpha value is -3.61. The summed E-state index contributed by atoms with van der Waals surface area (Å²) in [5.74, 6) is 0.862. The van der Waals surface area contributed by atoms with Crippen LogP contribution in [0.15, 0.2) is 60.8 Å². The molecule has 5 rings (SSSR count). The lowest BCUT2D eigenvalue weighted by molar-refractivity contribution is -0.137. The molecule has 2 saturated heterocycles. The second kappa shape index (κ2) is 9.71. The first-order valence-corrected chi connectivity index (χ1v) is 11.9. The van der Waals surface area contributed by atoms with Gasteiger partial charge in [0.25, 0.3) is 5.91 Å². The second-order valence-electron chi connectivity index (χ2n) is 8.98. The molecule has 0 spiro atoms. The summed E-state index contributed by atoms with van der Waals surface area (Å²) in [6.07, 6.45) is 3.53. The Morgan fingerprint density at radius 1 is 0.941 bits per heavy atom. The molecule has 2 aliphatic heterocycles. The molecule has 7 heteroatoms. The third kappa shape index (κ3) is 4.42. The predicted molar refractivity (Wildman–Crippen MR) is 132 cm³/mol. The standard InChI is InChI=1S/C27H30N4O3/c1-34-22-9-10-23-24(18-22)28-12-11-25(23)29-14-16-30(17-15-29)27(33)21-8-5-13-31(19-21)26(32)20-6-3-2-4-7-20/h2-4,6-7,9-12,18,21H,5,8,13-17,19H2,1H3. The van der Waals surface area contributed by atoms with Crippen LogP contribution < -0.4 is 9.64 Å². The van der Waals surface area contributed by atoms with Gasteiger partial charge in [0.2, 0.25) is 5.91 Å². The fourth-order valence-electron chi connectivity index (χ4n) is 5.07. The van der Waals surface area contributed by atoms with Crippen LogP contribution in [0.1, 0.15) is 23.2 Å². The van der Waals surface area contributed by atoms with E-state index in [9.17, 15) is 9.59 Å². The lowest BCUT2D eigenvalue weighted by Crippen LogP contribution is -2.53. The fraction of sp³-hybridized carbons (Fsp3) is 0.370. The minimum absolute atomic E-state index is 0.0177. The first-order chi connectivity index (χ1) is 16.6. The molecule has 2 aromatic carbocycles. The summed E-state index contributed by atoms with van der Waals surface area (Å²) in [6.45, 7) is 4.13. The number of rotatable bonds is 4. The summed E-state index contributed by atoms with van der Waals surface area (Å²) < 4.78 is 5.33. The number of amides is 2. The van der Waals surface area contributed by atoms with Crippen LogP contribution in [-0.4, -0.2) is 73.0 Å². The number of piperidine rings is 1. The van der Waals surface area contributed by atoms with Gasteiger partial charge in [0, 0.05) is 68.2 Å². The summed E-state index contributed by atoms with van der Waals surface area (Å²) in [5, 5.41) is 1.09. The number of carbonyl (C=O) groups excluding carboxylic acids is 2. The first-order valence-electron chi connectivity index (χ1n) is 11.9. The van der Waals surface area contributed by atoms with E-state index in [0.717, 1.165) is 48.3 Å². The molecule has 1 aromatic heterocycles. The second-order valence-corrected chi connectivity index (χ2v) is 8.98. The maximum absolute atomic E-state index is 13.3. The van der Waals surface area contributed by atoms with Crippen LogP contribution in [0.5, 0.6) is 5.75 Å². The molecule has 2 fully saturated rings. The minimum Gasteiger partial charge on any atom is -0.497 e. The van der Waals surface area contributed by atoms with Crippen LogP contribution in [0.2, 0.25) is 0 Å². The van der Waals surface area contributed by atoms with Crippen molar-refractivity contribution in [3.8, 4) is 5.75 Å². The minimum atomic E-state index is -0.123. The van der Waals surface area contributed by atoms with Crippen molar-refractivity contribution < 1.29 is 14.3 Å². The zero-order valence-corrected chi connectivity index (χ0v) is 19.5. The van der Waals surface area contributed by atoms with Crippen LogP contribution >= 0.6 is 0 Å². The van der Waals surface area contributed by atoms with Crippen molar-refractivity contribution >= 4 is 28.4 Å². The van der Waals surface area contributed by atoms with Crippen molar-refractivity contribution in [3.63, 3.8) is 0 Å². The lowest BCUT2D eigenvalue weighted by atomic mass is 9.95. The van der Waals surface area contributed by atoms with Crippen LogP contribution in [-0.2, 0) is 4.79 Å². The Morgan fingerprint density at radius 3 is 2.50 bits per heavy atom. The lowest BCUT2D eigenvalue weighted by Gasteiger charge is -2.40.